The lowest BCUT2D eigenvalue weighted by atomic mass is 10.1. The molecule has 1 unspecified atom stereocenters. The lowest BCUT2D eigenvalue weighted by Crippen LogP contribution is -2.03. The quantitative estimate of drug-likeness (QED) is 0.761. The molecule has 1 aliphatic rings. The third-order valence-corrected chi connectivity index (χ3v) is 4.86. The summed E-state index contributed by atoms with van der Waals surface area (Å²) in [7, 11) is 0. The van der Waals surface area contributed by atoms with Crippen LogP contribution in [0, 0.1) is 0 Å². The van der Waals surface area contributed by atoms with Gasteiger partial charge in [-0.2, -0.15) is 5.10 Å². The van der Waals surface area contributed by atoms with Crippen LogP contribution >= 0.6 is 22.9 Å². The second-order valence-corrected chi connectivity index (χ2v) is 6.76. The van der Waals surface area contributed by atoms with E-state index in [1.165, 1.54) is 23.3 Å². The normalized spacial score (nSPS) is 17.1. The number of nitrogens with zero attached hydrogens (tertiary/aromatic N) is 2. The van der Waals surface area contributed by atoms with Gasteiger partial charge in [0.2, 0.25) is 0 Å². The van der Waals surface area contributed by atoms with Crippen LogP contribution in [0.5, 0.6) is 0 Å². The largest absolute Gasteiger partial charge is 0.269 e. The average Bonchev–Trinajstić information content (AvgIpc) is 2.97. The van der Waals surface area contributed by atoms with Crippen molar-refractivity contribution in [3.05, 3.63) is 28.2 Å². The van der Waals surface area contributed by atoms with Gasteiger partial charge in [0, 0.05) is 17.8 Å². The van der Waals surface area contributed by atoms with Crippen molar-refractivity contribution in [1.82, 2.24) is 9.78 Å². The highest BCUT2D eigenvalue weighted by molar-refractivity contribution is 7.19. The summed E-state index contributed by atoms with van der Waals surface area (Å²) in [4.78, 5) is 1.20. The SMILES string of the molecule is CCC(C)n1cc(C2CC2)c(-c2ccc(Cl)s2)n1. The minimum atomic E-state index is 0.465. The number of rotatable bonds is 4. The smallest absolute Gasteiger partial charge is 0.106 e. The summed E-state index contributed by atoms with van der Waals surface area (Å²) >= 11 is 7.66. The van der Waals surface area contributed by atoms with E-state index in [9.17, 15) is 0 Å². The first kappa shape index (κ1) is 12.2. The Morgan fingerprint density at radius 3 is 2.83 bits per heavy atom. The summed E-state index contributed by atoms with van der Waals surface area (Å²) < 4.78 is 2.96. The van der Waals surface area contributed by atoms with Crippen LogP contribution in [0.2, 0.25) is 4.34 Å². The molecule has 2 nitrogen and oxygen atoms in total. The monoisotopic (exact) mass is 280 g/mol. The van der Waals surface area contributed by atoms with E-state index >= 15 is 0 Å². The van der Waals surface area contributed by atoms with E-state index in [2.05, 4.69) is 30.8 Å². The summed E-state index contributed by atoms with van der Waals surface area (Å²) in [6.07, 6.45) is 5.96. The molecule has 18 heavy (non-hydrogen) atoms. The lowest BCUT2D eigenvalue weighted by Gasteiger charge is -2.07. The molecule has 0 amide bonds. The Bertz CT molecular complexity index is 554. The van der Waals surface area contributed by atoms with Gasteiger partial charge in [-0.05, 0) is 44.2 Å². The maximum Gasteiger partial charge on any atom is 0.106 e. The highest BCUT2D eigenvalue weighted by Crippen LogP contribution is 2.45. The van der Waals surface area contributed by atoms with Crippen molar-refractivity contribution >= 4 is 22.9 Å². The number of aromatic nitrogens is 2. The maximum atomic E-state index is 6.04. The van der Waals surface area contributed by atoms with Gasteiger partial charge >= 0.3 is 0 Å². The van der Waals surface area contributed by atoms with E-state index in [1.54, 1.807) is 11.3 Å². The molecule has 0 saturated heterocycles. The van der Waals surface area contributed by atoms with Crippen LogP contribution in [0.15, 0.2) is 18.3 Å². The molecule has 1 aliphatic carbocycles. The van der Waals surface area contributed by atoms with Gasteiger partial charge in [0.1, 0.15) is 5.69 Å². The molecule has 1 fully saturated rings. The van der Waals surface area contributed by atoms with Crippen LogP contribution in [0.4, 0.5) is 0 Å². The minimum absolute atomic E-state index is 0.465. The Morgan fingerprint density at radius 1 is 1.50 bits per heavy atom. The standard InChI is InChI=1S/C14H17ClN2S/c1-3-9(2)17-8-11(10-4-5-10)14(16-17)12-6-7-13(15)18-12/h6-10H,3-5H2,1-2H3. The fourth-order valence-electron chi connectivity index (χ4n) is 2.14. The number of thiophene rings is 1. The van der Waals surface area contributed by atoms with Gasteiger partial charge in [-0.25, -0.2) is 0 Å². The van der Waals surface area contributed by atoms with Crippen LogP contribution in [0.1, 0.15) is 50.6 Å². The Balaban J connectivity index is 2.03. The lowest BCUT2D eigenvalue weighted by molar-refractivity contribution is 0.478. The molecule has 0 spiro atoms. The third-order valence-electron chi connectivity index (χ3n) is 3.63. The molecule has 4 heteroatoms. The van der Waals surface area contributed by atoms with Gasteiger partial charge in [-0.3, -0.25) is 4.68 Å². The van der Waals surface area contributed by atoms with Crippen molar-refractivity contribution in [2.24, 2.45) is 0 Å². The molecule has 0 aliphatic heterocycles. The van der Waals surface area contributed by atoms with Crippen molar-refractivity contribution in [3.63, 3.8) is 0 Å². The van der Waals surface area contributed by atoms with E-state index in [-0.39, 0.29) is 0 Å². The van der Waals surface area contributed by atoms with Crippen molar-refractivity contribution < 1.29 is 0 Å². The first-order valence-corrected chi connectivity index (χ1v) is 7.73. The zero-order valence-corrected chi connectivity index (χ0v) is 12.3. The van der Waals surface area contributed by atoms with E-state index in [1.807, 2.05) is 6.07 Å². The van der Waals surface area contributed by atoms with Gasteiger partial charge in [-0.1, -0.05) is 18.5 Å². The van der Waals surface area contributed by atoms with Crippen LogP contribution in [-0.4, -0.2) is 9.78 Å². The summed E-state index contributed by atoms with van der Waals surface area (Å²) in [5.74, 6) is 0.721. The molecule has 0 radical (unpaired) electrons. The van der Waals surface area contributed by atoms with Crippen LogP contribution in [0.3, 0.4) is 0 Å². The molecule has 0 N–H and O–H groups in total. The van der Waals surface area contributed by atoms with Gasteiger partial charge in [0.15, 0.2) is 0 Å². The van der Waals surface area contributed by atoms with Gasteiger partial charge in [-0.15, -0.1) is 11.3 Å². The highest BCUT2D eigenvalue weighted by Gasteiger charge is 2.29. The van der Waals surface area contributed by atoms with Gasteiger partial charge in [0.05, 0.1) is 9.21 Å². The predicted octanol–water partition coefficient (Wildman–Crippen LogP) is 5.11. The van der Waals surface area contributed by atoms with Crippen molar-refractivity contribution in [2.75, 3.05) is 0 Å². The van der Waals surface area contributed by atoms with E-state index in [0.717, 1.165) is 22.4 Å². The zero-order valence-electron chi connectivity index (χ0n) is 10.7. The fraction of sp³-hybridized carbons (Fsp3) is 0.500. The zero-order chi connectivity index (χ0) is 12.7. The van der Waals surface area contributed by atoms with Crippen molar-refractivity contribution in [3.8, 4) is 10.6 Å². The van der Waals surface area contributed by atoms with Crippen LogP contribution in [-0.2, 0) is 0 Å². The van der Waals surface area contributed by atoms with Gasteiger partial charge < -0.3 is 0 Å². The summed E-state index contributed by atoms with van der Waals surface area (Å²) in [5, 5.41) is 4.79. The van der Waals surface area contributed by atoms with E-state index in [4.69, 9.17) is 16.7 Å². The Labute approximate surface area is 117 Å². The van der Waals surface area contributed by atoms with Crippen molar-refractivity contribution in [2.45, 2.75) is 45.1 Å². The molecule has 1 saturated carbocycles. The van der Waals surface area contributed by atoms with E-state index in [0.29, 0.717) is 6.04 Å². The Kier molecular flexibility index (Phi) is 3.20. The van der Waals surface area contributed by atoms with Crippen LogP contribution in [0.25, 0.3) is 10.6 Å². The first-order chi connectivity index (χ1) is 8.69. The molecule has 3 rings (SSSR count). The molecule has 2 aromatic rings. The third kappa shape index (κ3) is 2.21. The van der Waals surface area contributed by atoms with Crippen LogP contribution < -0.4 is 0 Å². The Hall–Kier alpha value is -0.800. The molecular formula is C14H17ClN2S. The molecule has 2 aromatic heterocycles. The molecule has 0 bridgehead atoms. The average molecular weight is 281 g/mol. The highest BCUT2D eigenvalue weighted by atomic mass is 35.5. The predicted molar refractivity (Wildman–Crippen MR) is 77.5 cm³/mol. The fourth-order valence-corrected chi connectivity index (χ4v) is 3.19. The first-order valence-electron chi connectivity index (χ1n) is 6.53. The number of hydrogen-bond donors (Lipinski definition) is 0. The molecule has 96 valence electrons. The second-order valence-electron chi connectivity index (χ2n) is 5.05. The molecular weight excluding hydrogens is 264 g/mol. The summed E-state index contributed by atoms with van der Waals surface area (Å²) in [5.41, 5.74) is 2.56. The topological polar surface area (TPSA) is 17.8 Å². The number of hydrogen-bond acceptors (Lipinski definition) is 2. The second kappa shape index (κ2) is 4.71. The molecule has 1 atom stereocenters. The maximum absolute atomic E-state index is 6.04. The molecule has 2 heterocycles. The summed E-state index contributed by atoms with van der Waals surface area (Å²) in [6.45, 7) is 4.42. The number of halogens is 1. The van der Waals surface area contributed by atoms with Crippen molar-refractivity contribution in [1.29, 1.82) is 0 Å². The summed E-state index contributed by atoms with van der Waals surface area (Å²) in [6, 6.07) is 4.51. The minimum Gasteiger partial charge on any atom is -0.269 e. The van der Waals surface area contributed by atoms with Gasteiger partial charge in [0.25, 0.3) is 0 Å². The Morgan fingerprint density at radius 2 is 2.28 bits per heavy atom. The molecule has 0 aromatic carbocycles. The van der Waals surface area contributed by atoms with E-state index < -0.39 is 0 Å².